The maximum atomic E-state index is 13.4. The summed E-state index contributed by atoms with van der Waals surface area (Å²) in [5, 5.41) is 26.7. The molecular weight excluding hydrogens is 446 g/mol. The Hall–Kier alpha value is -4.20. The highest BCUT2D eigenvalue weighted by Gasteiger charge is 2.43. The summed E-state index contributed by atoms with van der Waals surface area (Å²) < 4.78 is 0.547. The molecule has 8 heteroatoms. The second-order valence-corrected chi connectivity index (χ2v) is 8.83. The minimum absolute atomic E-state index is 0.106. The van der Waals surface area contributed by atoms with Gasteiger partial charge in [0, 0.05) is 18.2 Å². The van der Waals surface area contributed by atoms with Crippen LogP contribution < -0.4 is 15.4 Å². The zero-order valence-corrected chi connectivity index (χ0v) is 19.1. The van der Waals surface area contributed by atoms with Crippen molar-refractivity contribution in [3.63, 3.8) is 0 Å². The molecule has 4 rings (SSSR count). The molecule has 0 bridgehead atoms. The first-order chi connectivity index (χ1) is 16.9. The second kappa shape index (κ2) is 10.4. The molecule has 3 N–H and O–H groups in total. The lowest BCUT2D eigenvalue weighted by Crippen LogP contribution is -2.50. The van der Waals surface area contributed by atoms with Crippen LogP contribution in [0, 0.1) is 5.21 Å². The number of carboxylic acids is 1. The van der Waals surface area contributed by atoms with Crippen molar-refractivity contribution in [2.24, 2.45) is 0 Å². The molecule has 0 aliphatic heterocycles. The number of carbonyl (C=O) groups excluding carboxylic acids is 2. The minimum atomic E-state index is -1.10. The highest BCUT2D eigenvalue weighted by atomic mass is 16.5. The standard InChI is InChI=1S/C27H27N3O5/c31-24(20-7-6-16-30(35)18-20)28-22-12-10-19(11-13-22)17-23(25(32)33)29-26(34)27(14-4-5-15-27)21-8-2-1-3-9-21/h1-3,6-13,16,18,23H,4-5,14-15,17H2,(H,28,31)(H,29,34)(H,32,33)/t23-/m0/s1. The van der Waals surface area contributed by atoms with Gasteiger partial charge in [0.25, 0.3) is 5.91 Å². The van der Waals surface area contributed by atoms with Crippen LogP contribution in [0.2, 0.25) is 0 Å². The average molecular weight is 474 g/mol. The van der Waals surface area contributed by atoms with Crippen LogP contribution in [-0.2, 0) is 21.4 Å². The van der Waals surface area contributed by atoms with Gasteiger partial charge in [0.15, 0.2) is 12.4 Å². The van der Waals surface area contributed by atoms with Gasteiger partial charge in [0.1, 0.15) is 11.6 Å². The van der Waals surface area contributed by atoms with Gasteiger partial charge < -0.3 is 20.9 Å². The van der Waals surface area contributed by atoms with Crippen molar-refractivity contribution in [1.82, 2.24) is 5.32 Å². The Labute approximate surface area is 203 Å². The first-order valence-electron chi connectivity index (χ1n) is 11.6. The first kappa shape index (κ1) is 23.9. The average Bonchev–Trinajstić information content (AvgIpc) is 3.37. The molecule has 2 amide bonds. The van der Waals surface area contributed by atoms with Crippen molar-refractivity contribution < 1.29 is 24.2 Å². The fraction of sp³-hybridized carbons (Fsp3) is 0.259. The molecule has 0 radical (unpaired) electrons. The number of aromatic nitrogens is 1. The quantitative estimate of drug-likeness (QED) is 0.343. The number of carbonyl (C=O) groups is 3. The fourth-order valence-corrected chi connectivity index (χ4v) is 4.63. The maximum absolute atomic E-state index is 13.4. The van der Waals surface area contributed by atoms with Gasteiger partial charge in [0.2, 0.25) is 5.91 Å². The van der Waals surface area contributed by atoms with Gasteiger partial charge >= 0.3 is 5.97 Å². The Morgan fingerprint density at radius 3 is 2.29 bits per heavy atom. The van der Waals surface area contributed by atoms with Crippen LogP contribution in [0.3, 0.4) is 0 Å². The largest absolute Gasteiger partial charge is 0.619 e. The number of pyridine rings is 1. The molecule has 1 aliphatic carbocycles. The number of aliphatic carboxylic acids is 1. The third kappa shape index (κ3) is 5.48. The third-order valence-corrected chi connectivity index (χ3v) is 6.51. The molecular formula is C27H27N3O5. The number of nitrogens with one attached hydrogen (secondary N) is 2. The van der Waals surface area contributed by atoms with Gasteiger partial charge in [-0.05, 0) is 42.2 Å². The molecule has 1 saturated carbocycles. The van der Waals surface area contributed by atoms with Gasteiger partial charge in [-0.3, -0.25) is 9.59 Å². The normalized spacial score (nSPS) is 15.2. The van der Waals surface area contributed by atoms with E-state index in [9.17, 15) is 24.7 Å². The van der Waals surface area contributed by atoms with E-state index in [0.29, 0.717) is 28.8 Å². The second-order valence-electron chi connectivity index (χ2n) is 8.83. The summed E-state index contributed by atoms with van der Waals surface area (Å²) in [7, 11) is 0. The molecule has 3 aromatic rings. The highest BCUT2D eigenvalue weighted by Crippen LogP contribution is 2.41. The van der Waals surface area contributed by atoms with E-state index in [4.69, 9.17) is 0 Å². The summed E-state index contributed by atoms with van der Waals surface area (Å²) in [6, 6.07) is 18.2. The van der Waals surface area contributed by atoms with E-state index in [1.165, 1.54) is 24.5 Å². The fourth-order valence-electron chi connectivity index (χ4n) is 4.63. The molecule has 8 nitrogen and oxygen atoms in total. The van der Waals surface area contributed by atoms with Crippen molar-refractivity contribution in [1.29, 1.82) is 0 Å². The van der Waals surface area contributed by atoms with Crippen molar-refractivity contribution in [3.8, 4) is 0 Å². The summed E-state index contributed by atoms with van der Waals surface area (Å²) in [4.78, 5) is 37.7. The molecule has 0 unspecified atom stereocenters. The van der Waals surface area contributed by atoms with Crippen molar-refractivity contribution in [2.45, 2.75) is 43.6 Å². The molecule has 1 aromatic heterocycles. The maximum Gasteiger partial charge on any atom is 0.326 e. The monoisotopic (exact) mass is 473 g/mol. The lowest BCUT2D eigenvalue weighted by atomic mass is 9.77. The molecule has 2 aromatic carbocycles. The SMILES string of the molecule is O=C(Nc1ccc(C[C@H](NC(=O)C2(c3ccccc3)CCCC2)C(=O)O)cc1)c1ccc[n+]([O-])c1. The molecule has 1 atom stereocenters. The van der Waals surface area contributed by atoms with Gasteiger partial charge in [-0.2, -0.15) is 4.73 Å². The van der Waals surface area contributed by atoms with Gasteiger partial charge in [0.05, 0.1) is 5.41 Å². The number of rotatable bonds is 8. The topological polar surface area (TPSA) is 122 Å². The van der Waals surface area contributed by atoms with Crippen molar-refractivity contribution >= 4 is 23.5 Å². The van der Waals surface area contributed by atoms with E-state index in [-0.39, 0.29) is 17.9 Å². The number of amides is 2. The van der Waals surface area contributed by atoms with Crippen LogP contribution >= 0.6 is 0 Å². The van der Waals surface area contributed by atoms with Crippen LogP contribution in [0.15, 0.2) is 79.1 Å². The summed E-state index contributed by atoms with van der Waals surface area (Å²) >= 11 is 0. The van der Waals surface area contributed by atoms with Gasteiger partial charge in [-0.15, -0.1) is 0 Å². The number of anilines is 1. The van der Waals surface area contributed by atoms with Gasteiger partial charge in [-0.1, -0.05) is 55.3 Å². The molecule has 1 fully saturated rings. The predicted molar refractivity (Wildman–Crippen MR) is 130 cm³/mol. The Bertz CT molecular complexity index is 1210. The van der Waals surface area contributed by atoms with E-state index >= 15 is 0 Å². The van der Waals surface area contributed by atoms with Crippen molar-refractivity contribution in [2.75, 3.05) is 5.32 Å². The first-order valence-corrected chi connectivity index (χ1v) is 11.6. The summed E-state index contributed by atoms with van der Waals surface area (Å²) in [5.41, 5.74) is 1.64. The van der Waals surface area contributed by atoms with Gasteiger partial charge in [-0.25, -0.2) is 4.79 Å². The number of carboxylic acid groups (broad SMARTS) is 1. The summed E-state index contributed by atoms with van der Waals surface area (Å²) in [5.74, 6) is -1.79. The molecule has 0 spiro atoms. The Balaban J connectivity index is 1.43. The van der Waals surface area contributed by atoms with Crippen LogP contribution in [-0.4, -0.2) is 28.9 Å². The van der Waals surface area contributed by atoms with Crippen LogP contribution in [0.4, 0.5) is 5.69 Å². The summed E-state index contributed by atoms with van der Waals surface area (Å²) in [6.07, 6.45) is 5.80. The minimum Gasteiger partial charge on any atom is -0.619 e. The Morgan fingerprint density at radius 1 is 0.971 bits per heavy atom. The molecule has 1 heterocycles. The van der Waals surface area contributed by atoms with E-state index in [0.717, 1.165) is 18.4 Å². The van der Waals surface area contributed by atoms with E-state index in [2.05, 4.69) is 10.6 Å². The van der Waals surface area contributed by atoms with Crippen molar-refractivity contribution in [3.05, 3.63) is 101 Å². The number of benzene rings is 2. The number of nitrogens with zero attached hydrogens (tertiary/aromatic N) is 1. The lowest BCUT2D eigenvalue weighted by molar-refractivity contribution is -0.605. The van der Waals surface area contributed by atoms with E-state index in [1.54, 1.807) is 24.3 Å². The number of hydrogen-bond donors (Lipinski definition) is 3. The van der Waals surface area contributed by atoms with E-state index in [1.807, 2.05) is 30.3 Å². The van der Waals surface area contributed by atoms with Crippen LogP contribution in [0.5, 0.6) is 0 Å². The zero-order chi connectivity index (χ0) is 24.8. The predicted octanol–water partition coefficient (Wildman–Crippen LogP) is 3.20. The molecule has 1 aliphatic rings. The van der Waals surface area contributed by atoms with Crippen LogP contribution in [0.1, 0.15) is 47.2 Å². The third-order valence-electron chi connectivity index (χ3n) is 6.51. The molecule has 35 heavy (non-hydrogen) atoms. The summed E-state index contributed by atoms with van der Waals surface area (Å²) in [6.45, 7) is 0. The smallest absolute Gasteiger partial charge is 0.326 e. The van der Waals surface area contributed by atoms with Crippen LogP contribution in [0.25, 0.3) is 0 Å². The number of hydrogen-bond acceptors (Lipinski definition) is 4. The van der Waals surface area contributed by atoms with E-state index < -0.39 is 23.3 Å². The molecule has 0 saturated heterocycles. The zero-order valence-electron chi connectivity index (χ0n) is 19.1. The lowest BCUT2D eigenvalue weighted by Gasteiger charge is -2.30. The molecule has 180 valence electrons. The Kier molecular flexibility index (Phi) is 7.10. The Morgan fingerprint density at radius 2 is 1.66 bits per heavy atom. The highest BCUT2D eigenvalue weighted by molar-refractivity contribution is 6.03.